The van der Waals surface area contributed by atoms with Gasteiger partial charge in [0.1, 0.15) is 0 Å². The molecule has 0 aliphatic carbocycles. The SMILES string of the molecule is C=NNc1ncc(-c2ccccc2S(=O)(=O)C(C)C)cn1.COc1cccc(OC)c1OC. The van der Waals surface area contributed by atoms with Crippen molar-refractivity contribution in [3.63, 3.8) is 0 Å². The number of rotatable bonds is 8. The fraction of sp³-hybridized carbons (Fsp3) is 0.261. The molecule has 3 rings (SSSR count). The summed E-state index contributed by atoms with van der Waals surface area (Å²) in [5.74, 6) is 2.29. The van der Waals surface area contributed by atoms with Crippen molar-refractivity contribution in [1.29, 1.82) is 0 Å². The predicted molar refractivity (Wildman–Crippen MR) is 129 cm³/mol. The first-order chi connectivity index (χ1) is 15.8. The minimum Gasteiger partial charge on any atom is -0.493 e. The molecule has 0 aliphatic heterocycles. The van der Waals surface area contributed by atoms with Crippen LogP contribution < -0.4 is 19.6 Å². The maximum absolute atomic E-state index is 12.4. The largest absolute Gasteiger partial charge is 0.493 e. The molecular weight excluding hydrogens is 444 g/mol. The maximum Gasteiger partial charge on any atom is 0.243 e. The molecule has 0 saturated heterocycles. The summed E-state index contributed by atoms with van der Waals surface area (Å²) in [5.41, 5.74) is 3.74. The molecule has 0 unspecified atom stereocenters. The predicted octanol–water partition coefficient (Wildman–Crippen LogP) is 4.07. The van der Waals surface area contributed by atoms with Crippen LogP contribution in [-0.2, 0) is 9.84 Å². The summed E-state index contributed by atoms with van der Waals surface area (Å²) in [6, 6.07) is 12.3. The first-order valence-electron chi connectivity index (χ1n) is 9.92. The molecule has 176 valence electrons. The molecule has 0 aliphatic rings. The van der Waals surface area contributed by atoms with Crippen LogP contribution in [0.4, 0.5) is 5.95 Å². The molecule has 0 fully saturated rings. The number of nitrogens with zero attached hydrogens (tertiary/aromatic N) is 3. The van der Waals surface area contributed by atoms with E-state index in [9.17, 15) is 8.42 Å². The number of para-hydroxylation sites is 1. The van der Waals surface area contributed by atoms with E-state index in [-0.39, 0.29) is 4.90 Å². The Kier molecular flexibility index (Phi) is 9.17. The molecule has 10 heteroatoms. The summed E-state index contributed by atoms with van der Waals surface area (Å²) in [5, 5.41) is 2.97. The van der Waals surface area contributed by atoms with Gasteiger partial charge in [-0.15, -0.1) is 0 Å². The molecule has 0 amide bonds. The molecule has 0 spiro atoms. The van der Waals surface area contributed by atoms with Crippen LogP contribution in [0.5, 0.6) is 17.2 Å². The molecule has 9 nitrogen and oxygen atoms in total. The topological polar surface area (TPSA) is 112 Å². The lowest BCUT2D eigenvalue weighted by Gasteiger charge is -2.12. The van der Waals surface area contributed by atoms with E-state index in [4.69, 9.17) is 14.2 Å². The third-order valence-electron chi connectivity index (χ3n) is 4.54. The van der Waals surface area contributed by atoms with Crippen molar-refractivity contribution in [3.8, 4) is 28.4 Å². The second-order valence-electron chi connectivity index (χ2n) is 6.85. The molecule has 0 atom stereocenters. The van der Waals surface area contributed by atoms with Crippen LogP contribution in [0.25, 0.3) is 11.1 Å². The molecule has 33 heavy (non-hydrogen) atoms. The van der Waals surface area contributed by atoms with Crippen LogP contribution in [-0.4, -0.2) is 51.7 Å². The molecule has 0 radical (unpaired) electrons. The highest BCUT2D eigenvalue weighted by atomic mass is 32.2. The second kappa shape index (κ2) is 11.8. The van der Waals surface area contributed by atoms with Crippen LogP contribution in [0.2, 0.25) is 0 Å². The van der Waals surface area contributed by atoms with Gasteiger partial charge in [-0.1, -0.05) is 24.3 Å². The van der Waals surface area contributed by atoms with Gasteiger partial charge in [0, 0.05) is 30.2 Å². The van der Waals surface area contributed by atoms with E-state index in [1.807, 2.05) is 18.2 Å². The van der Waals surface area contributed by atoms with Crippen LogP contribution in [0.3, 0.4) is 0 Å². The Morgan fingerprint density at radius 1 is 0.909 bits per heavy atom. The summed E-state index contributed by atoms with van der Waals surface area (Å²) >= 11 is 0. The average molecular weight is 473 g/mol. The molecule has 2 aromatic carbocycles. The highest BCUT2D eigenvalue weighted by Crippen LogP contribution is 2.36. The number of hydrogen-bond acceptors (Lipinski definition) is 9. The van der Waals surface area contributed by atoms with Gasteiger partial charge in [-0.3, -0.25) is 0 Å². The molecule has 3 aromatic rings. The molecule has 1 aromatic heterocycles. The highest BCUT2D eigenvalue weighted by molar-refractivity contribution is 7.92. The summed E-state index contributed by atoms with van der Waals surface area (Å²) in [4.78, 5) is 8.41. The molecule has 0 saturated carbocycles. The quantitative estimate of drug-likeness (QED) is 0.386. The Morgan fingerprint density at radius 3 is 1.97 bits per heavy atom. The van der Waals surface area contributed by atoms with Crippen molar-refractivity contribution in [2.75, 3.05) is 26.8 Å². The Labute approximate surface area is 194 Å². The number of benzene rings is 2. The van der Waals surface area contributed by atoms with E-state index in [0.717, 1.165) is 0 Å². The number of hydrazone groups is 1. The van der Waals surface area contributed by atoms with Gasteiger partial charge in [0.05, 0.1) is 31.5 Å². The Morgan fingerprint density at radius 2 is 1.48 bits per heavy atom. The lowest BCUT2D eigenvalue weighted by molar-refractivity contribution is 0.324. The zero-order valence-corrected chi connectivity index (χ0v) is 20.1. The standard InChI is InChI=1S/C14H16N4O2S.C9H12O3/c1-10(2)21(19,20)13-7-5-4-6-12(13)11-8-16-14(17-9-11)18-15-3;1-10-7-5-4-6-8(11-2)9(7)12-3/h4-10H,3H2,1-2H3,(H,16,17,18);4-6H,1-3H3. The third-order valence-corrected chi connectivity index (χ3v) is 6.75. The van der Waals surface area contributed by atoms with Crippen molar-refractivity contribution in [1.82, 2.24) is 9.97 Å². The van der Waals surface area contributed by atoms with E-state index in [1.165, 1.54) is 0 Å². The number of anilines is 1. The zero-order valence-electron chi connectivity index (χ0n) is 19.3. The van der Waals surface area contributed by atoms with Crippen molar-refractivity contribution in [2.45, 2.75) is 24.0 Å². The van der Waals surface area contributed by atoms with Gasteiger partial charge in [0.2, 0.25) is 11.7 Å². The normalized spacial score (nSPS) is 10.6. The van der Waals surface area contributed by atoms with E-state index in [2.05, 4.69) is 27.2 Å². The van der Waals surface area contributed by atoms with E-state index in [0.29, 0.717) is 34.3 Å². The fourth-order valence-corrected chi connectivity index (χ4v) is 4.09. The minimum atomic E-state index is -3.38. The number of aromatic nitrogens is 2. The van der Waals surface area contributed by atoms with Gasteiger partial charge >= 0.3 is 0 Å². The van der Waals surface area contributed by atoms with Crippen LogP contribution in [0.1, 0.15) is 13.8 Å². The molecular formula is C23H28N4O5S. The number of ether oxygens (including phenoxy) is 3. The van der Waals surface area contributed by atoms with Crippen LogP contribution in [0.15, 0.2) is 64.9 Å². The van der Waals surface area contributed by atoms with E-state index in [1.54, 1.807) is 71.8 Å². The van der Waals surface area contributed by atoms with Crippen LogP contribution >= 0.6 is 0 Å². The lowest BCUT2D eigenvalue weighted by Crippen LogP contribution is -2.15. The van der Waals surface area contributed by atoms with Gasteiger partial charge in [-0.2, -0.15) is 5.10 Å². The summed E-state index contributed by atoms with van der Waals surface area (Å²) in [6.45, 7) is 6.60. The van der Waals surface area contributed by atoms with Gasteiger partial charge in [-0.25, -0.2) is 23.8 Å². The van der Waals surface area contributed by atoms with Crippen molar-refractivity contribution in [3.05, 3.63) is 54.9 Å². The molecule has 1 heterocycles. The first-order valence-corrected chi connectivity index (χ1v) is 11.5. The zero-order chi connectivity index (χ0) is 24.4. The van der Waals surface area contributed by atoms with E-state index < -0.39 is 15.1 Å². The third kappa shape index (κ3) is 6.19. The molecule has 1 N–H and O–H groups in total. The number of sulfone groups is 1. The van der Waals surface area contributed by atoms with Gasteiger partial charge in [0.15, 0.2) is 21.3 Å². The van der Waals surface area contributed by atoms with Crippen molar-refractivity contribution < 1.29 is 22.6 Å². The Bertz CT molecular complexity index is 1140. The Balaban J connectivity index is 0.000000273. The average Bonchev–Trinajstić information content (AvgIpc) is 2.84. The second-order valence-corrected chi connectivity index (χ2v) is 9.32. The van der Waals surface area contributed by atoms with Gasteiger partial charge in [0.25, 0.3) is 0 Å². The number of nitrogens with one attached hydrogen (secondary N) is 1. The summed E-state index contributed by atoms with van der Waals surface area (Å²) < 4.78 is 40.1. The van der Waals surface area contributed by atoms with Gasteiger partial charge < -0.3 is 14.2 Å². The van der Waals surface area contributed by atoms with Crippen LogP contribution in [0, 0.1) is 0 Å². The fourth-order valence-electron chi connectivity index (χ4n) is 2.82. The highest BCUT2D eigenvalue weighted by Gasteiger charge is 2.23. The maximum atomic E-state index is 12.4. The van der Waals surface area contributed by atoms with E-state index >= 15 is 0 Å². The first kappa shape index (κ1) is 25.6. The monoisotopic (exact) mass is 472 g/mol. The van der Waals surface area contributed by atoms with Crippen molar-refractivity contribution >= 4 is 22.5 Å². The van der Waals surface area contributed by atoms with Crippen molar-refractivity contribution in [2.24, 2.45) is 5.10 Å². The van der Waals surface area contributed by atoms with Gasteiger partial charge in [-0.05, 0) is 32.0 Å². The minimum absolute atomic E-state index is 0.283. The number of methoxy groups -OCH3 is 3. The smallest absolute Gasteiger partial charge is 0.243 e. The lowest BCUT2D eigenvalue weighted by atomic mass is 10.1. The molecule has 0 bridgehead atoms. The summed E-state index contributed by atoms with van der Waals surface area (Å²) in [7, 11) is 1.40. The Hall–Kier alpha value is -3.66. The summed E-state index contributed by atoms with van der Waals surface area (Å²) in [6.07, 6.45) is 3.10. The number of hydrogen-bond donors (Lipinski definition) is 1.